The van der Waals surface area contributed by atoms with Gasteiger partial charge in [0.05, 0.1) is 34.3 Å². The van der Waals surface area contributed by atoms with Crippen LogP contribution in [-0.2, 0) is 16.1 Å². The Bertz CT molecular complexity index is 1380. The van der Waals surface area contributed by atoms with Gasteiger partial charge in [0.15, 0.2) is 11.5 Å². The van der Waals surface area contributed by atoms with Crippen molar-refractivity contribution in [1.82, 2.24) is 10.3 Å². The van der Waals surface area contributed by atoms with Crippen LogP contribution in [0, 0.1) is 0 Å². The van der Waals surface area contributed by atoms with Crippen molar-refractivity contribution in [2.75, 3.05) is 21.3 Å². The molecule has 0 saturated carbocycles. The van der Waals surface area contributed by atoms with E-state index in [1.165, 1.54) is 14.2 Å². The average molecular weight is 517 g/mol. The lowest BCUT2D eigenvalue weighted by atomic mass is 10.00. The first kappa shape index (κ1) is 26.6. The Labute approximate surface area is 222 Å². The molecule has 1 aromatic heterocycles. The number of nitrogens with one attached hydrogen (secondary N) is 2. The number of hydrogen-bond acceptors (Lipinski definition) is 6. The zero-order valence-electron chi connectivity index (χ0n) is 22.3. The van der Waals surface area contributed by atoms with Crippen LogP contribution in [0.3, 0.4) is 0 Å². The van der Waals surface area contributed by atoms with Gasteiger partial charge < -0.3 is 29.2 Å². The lowest BCUT2D eigenvalue weighted by Crippen LogP contribution is -2.22. The van der Waals surface area contributed by atoms with Gasteiger partial charge in [0.1, 0.15) is 5.75 Å². The number of rotatable bonds is 10. The van der Waals surface area contributed by atoms with Gasteiger partial charge in [0, 0.05) is 18.3 Å². The number of aromatic nitrogens is 1. The van der Waals surface area contributed by atoms with E-state index in [0.29, 0.717) is 23.8 Å². The van der Waals surface area contributed by atoms with E-state index < -0.39 is 0 Å². The molecule has 0 bridgehead atoms. The number of fused-ring (bicyclic) bond motifs is 1. The Morgan fingerprint density at radius 3 is 2.32 bits per heavy atom. The maximum absolute atomic E-state index is 12.9. The molecule has 2 aromatic carbocycles. The Balaban J connectivity index is 1.72. The number of ether oxygens (including phenoxy) is 4. The second-order valence-electron chi connectivity index (χ2n) is 8.80. The second-order valence-corrected chi connectivity index (χ2v) is 8.80. The van der Waals surface area contributed by atoms with Crippen LogP contribution in [0.25, 0.3) is 17.2 Å². The van der Waals surface area contributed by atoms with Gasteiger partial charge in [-0.25, -0.2) is 0 Å². The van der Waals surface area contributed by atoms with Crippen LogP contribution in [-0.4, -0.2) is 38.2 Å². The predicted molar refractivity (Wildman–Crippen MR) is 146 cm³/mol. The molecule has 198 valence electrons. The Kier molecular flexibility index (Phi) is 8.21. The third-order valence-corrected chi connectivity index (χ3v) is 6.47. The summed E-state index contributed by atoms with van der Waals surface area (Å²) in [6.07, 6.45) is 4.29. The summed E-state index contributed by atoms with van der Waals surface area (Å²) < 4.78 is 22.0. The topological polar surface area (TPSA) is 98.9 Å². The second kappa shape index (κ2) is 11.7. The minimum atomic E-state index is -0.385. The molecule has 38 heavy (non-hydrogen) atoms. The first-order valence-electron chi connectivity index (χ1n) is 12.3. The number of H-pyrrole nitrogens is 1. The standard InChI is InChI=1S/C30H32N2O6/c1-6-29(34)38-30-26(36-4)13-19(14-27(30)37-5)12-23-18(2)24(25-15-21(35-3)9-10-22(23)25)16-28(33)32-17-20-8-7-11-31-20/h7-15,31H,6,16-17H2,1-5H3,(H,32,33)/b23-12-. The lowest BCUT2D eigenvalue weighted by Gasteiger charge is -2.14. The average Bonchev–Trinajstić information content (AvgIpc) is 3.54. The summed E-state index contributed by atoms with van der Waals surface area (Å²) >= 11 is 0. The largest absolute Gasteiger partial charge is 0.497 e. The van der Waals surface area contributed by atoms with E-state index >= 15 is 0 Å². The van der Waals surface area contributed by atoms with Gasteiger partial charge in [-0.3, -0.25) is 9.59 Å². The molecule has 0 spiro atoms. The maximum atomic E-state index is 12.9. The maximum Gasteiger partial charge on any atom is 0.311 e. The zero-order valence-corrected chi connectivity index (χ0v) is 22.3. The minimum absolute atomic E-state index is 0.0746. The molecule has 8 heteroatoms. The third kappa shape index (κ3) is 5.59. The van der Waals surface area contributed by atoms with Crippen LogP contribution in [0.5, 0.6) is 23.0 Å². The Morgan fingerprint density at radius 2 is 1.71 bits per heavy atom. The Hall–Kier alpha value is -4.46. The highest BCUT2D eigenvalue weighted by atomic mass is 16.6. The van der Waals surface area contributed by atoms with E-state index in [1.807, 2.05) is 49.5 Å². The smallest absolute Gasteiger partial charge is 0.311 e. The molecule has 1 amide bonds. The predicted octanol–water partition coefficient (Wildman–Crippen LogP) is 5.39. The number of carbonyl (C=O) groups is 2. The number of esters is 1. The van der Waals surface area contributed by atoms with E-state index in [9.17, 15) is 9.59 Å². The quantitative estimate of drug-likeness (QED) is 0.277. The number of benzene rings is 2. The molecule has 2 N–H and O–H groups in total. The SMILES string of the molecule is CCC(=O)Oc1c(OC)cc(/C=C2/C(C)=C(CC(=O)NCc3ccc[nH]3)c3cc(OC)ccc32)cc1OC. The molecule has 0 atom stereocenters. The first-order chi connectivity index (χ1) is 18.4. The van der Waals surface area contributed by atoms with Crippen molar-refractivity contribution in [2.24, 2.45) is 0 Å². The molecular weight excluding hydrogens is 484 g/mol. The fraction of sp³-hybridized carbons (Fsp3) is 0.267. The fourth-order valence-corrected chi connectivity index (χ4v) is 4.45. The molecule has 8 nitrogen and oxygen atoms in total. The number of allylic oxidation sites excluding steroid dienone is 2. The van der Waals surface area contributed by atoms with Crippen molar-refractivity contribution in [2.45, 2.75) is 33.2 Å². The number of hydrogen-bond donors (Lipinski definition) is 2. The van der Waals surface area contributed by atoms with Gasteiger partial charge in [-0.15, -0.1) is 0 Å². The van der Waals surface area contributed by atoms with Gasteiger partial charge in [-0.05, 0) is 82.8 Å². The summed E-state index contributed by atoms with van der Waals surface area (Å²) in [5, 5.41) is 2.98. The van der Waals surface area contributed by atoms with Crippen LogP contribution in [0.1, 0.15) is 49.1 Å². The van der Waals surface area contributed by atoms with Crippen molar-refractivity contribution in [3.05, 3.63) is 76.6 Å². The molecule has 1 heterocycles. The zero-order chi connectivity index (χ0) is 27.2. The van der Waals surface area contributed by atoms with Crippen molar-refractivity contribution in [3.63, 3.8) is 0 Å². The normalized spacial score (nSPS) is 13.3. The summed E-state index contributed by atoms with van der Waals surface area (Å²) in [6, 6.07) is 13.3. The molecule has 0 saturated heterocycles. The molecular formula is C30H32N2O6. The summed E-state index contributed by atoms with van der Waals surface area (Å²) in [4.78, 5) is 28.0. The van der Waals surface area contributed by atoms with Crippen LogP contribution in [0.15, 0.2) is 54.2 Å². The summed E-state index contributed by atoms with van der Waals surface area (Å²) in [5.41, 5.74) is 6.57. The number of aromatic amines is 1. The van der Waals surface area contributed by atoms with Gasteiger partial charge in [0.25, 0.3) is 0 Å². The van der Waals surface area contributed by atoms with Gasteiger partial charge in [-0.1, -0.05) is 13.0 Å². The molecule has 1 aliphatic rings. The molecule has 0 radical (unpaired) electrons. The van der Waals surface area contributed by atoms with Gasteiger partial charge >= 0.3 is 5.97 Å². The number of amides is 1. The molecule has 1 aliphatic carbocycles. The van der Waals surface area contributed by atoms with Crippen molar-refractivity contribution < 1.29 is 28.5 Å². The van der Waals surface area contributed by atoms with Crippen LogP contribution < -0.4 is 24.3 Å². The van der Waals surface area contributed by atoms with E-state index in [0.717, 1.165) is 39.1 Å². The summed E-state index contributed by atoms with van der Waals surface area (Å²) in [6.45, 7) is 4.16. The van der Waals surface area contributed by atoms with E-state index in [-0.39, 0.29) is 30.5 Å². The van der Waals surface area contributed by atoms with Crippen molar-refractivity contribution in [1.29, 1.82) is 0 Å². The van der Waals surface area contributed by atoms with Crippen LogP contribution in [0.2, 0.25) is 0 Å². The highest BCUT2D eigenvalue weighted by Gasteiger charge is 2.26. The molecule has 0 fully saturated rings. The molecule has 4 rings (SSSR count). The first-order valence-corrected chi connectivity index (χ1v) is 12.3. The number of carbonyl (C=O) groups excluding carboxylic acids is 2. The highest BCUT2D eigenvalue weighted by Crippen LogP contribution is 2.46. The molecule has 0 aliphatic heterocycles. The summed E-state index contributed by atoms with van der Waals surface area (Å²) in [5.74, 6) is 1.27. The van der Waals surface area contributed by atoms with Crippen LogP contribution >= 0.6 is 0 Å². The fourth-order valence-electron chi connectivity index (χ4n) is 4.45. The summed E-state index contributed by atoms with van der Waals surface area (Å²) in [7, 11) is 4.65. The monoisotopic (exact) mass is 516 g/mol. The highest BCUT2D eigenvalue weighted by molar-refractivity contribution is 6.08. The number of methoxy groups -OCH3 is 3. The molecule has 3 aromatic rings. The van der Waals surface area contributed by atoms with E-state index in [2.05, 4.69) is 10.3 Å². The van der Waals surface area contributed by atoms with Crippen LogP contribution in [0.4, 0.5) is 0 Å². The lowest BCUT2D eigenvalue weighted by molar-refractivity contribution is -0.134. The Morgan fingerprint density at radius 1 is 0.974 bits per heavy atom. The molecule has 0 unspecified atom stereocenters. The van der Waals surface area contributed by atoms with Gasteiger partial charge in [0.2, 0.25) is 11.7 Å². The van der Waals surface area contributed by atoms with E-state index in [1.54, 1.807) is 26.2 Å². The third-order valence-electron chi connectivity index (χ3n) is 6.47. The minimum Gasteiger partial charge on any atom is -0.497 e. The van der Waals surface area contributed by atoms with Crippen molar-refractivity contribution >= 4 is 29.1 Å². The van der Waals surface area contributed by atoms with Gasteiger partial charge in [-0.2, -0.15) is 0 Å². The van der Waals surface area contributed by atoms with Crippen molar-refractivity contribution in [3.8, 4) is 23.0 Å². The van der Waals surface area contributed by atoms with E-state index in [4.69, 9.17) is 18.9 Å².